The third-order valence-electron chi connectivity index (χ3n) is 3.94. The number of aliphatic imine (C=N–C) groups is 1. The number of fused-ring (bicyclic) bond motifs is 1. The molecule has 92 valence electrons. The standard InChI is InChI=1S/C14H20N2S/c1-9(2)13-8-17-14(16-13)11-3-4-12-10(7-11)5-6-15-12/h8-10,16H,3-7H2,1-2H3. The Hall–Kier alpha value is -0.700. The summed E-state index contributed by atoms with van der Waals surface area (Å²) in [6.45, 7) is 5.56. The van der Waals surface area contributed by atoms with Crippen LogP contribution in [0.15, 0.2) is 26.7 Å². The average Bonchev–Trinajstić information content (AvgIpc) is 2.97. The summed E-state index contributed by atoms with van der Waals surface area (Å²) in [6.07, 6.45) is 4.93. The quantitative estimate of drug-likeness (QED) is 0.765. The maximum atomic E-state index is 4.62. The predicted molar refractivity (Wildman–Crippen MR) is 74.9 cm³/mol. The first-order valence-corrected chi connectivity index (χ1v) is 7.51. The van der Waals surface area contributed by atoms with E-state index in [1.165, 1.54) is 42.1 Å². The van der Waals surface area contributed by atoms with Gasteiger partial charge in [0, 0.05) is 23.9 Å². The maximum Gasteiger partial charge on any atom is 0.0758 e. The van der Waals surface area contributed by atoms with E-state index >= 15 is 0 Å². The molecule has 0 aromatic carbocycles. The number of thioether (sulfide) groups is 1. The molecule has 3 heteroatoms. The van der Waals surface area contributed by atoms with Crippen molar-refractivity contribution in [3.8, 4) is 0 Å². The number of nitrogens with zero attached hydrogens (tertiary/aromatic N) is 1. The zero-order valence-corrected chi connectivity index (χ0v) is 11.4. The first kappa shape index (κ1) is 11.4. The van der Waals surface area contributed by atoms with Gasteiger partial charge in [-0.15, -0.1) is 0 Å². The number of hydrogen-bond acceptors (Lipinski definition) is 3. The minimum Gasteiger partial charge on any atom is -0.353 e. The molecule has 0 spiro atoms. The van der Waals surface area contributed by atoms with Crippen LogP contribution in [0.25, 0.3) is 0 Å². The van der Waals surface area contributed by atoms with Crippen molar-refractivity contribution in [2.45, 2.75) is 39.5 Å². The third-order valence-corrected chi connectivity index (χ3v) is 4.94. The molecule has 0 aromatic rings. The summed E-state index contributed by atoms with van der Waals surface area (Å²) in [5.41, 5.74) is 4.51. The van der Waals surface area contributed by atoms with Gasteiger partial charge in [0.2, 0.25) is 0 Å². The Balaban J connectivity index is 1.72. The molecule has 0 bridgehead atoms. The van der Waals surface area contributed by atoms with Crippen LogP contribution in [0.5, 0.6) is 0 Å². The fourth-order valence-electron chi connectivity index (χ4n) is 2.81. The largest absolute Gasteiger partial charge is 0.353 e. The van der Waals surface area contributed by atoms with Crippen molar-refractivity contribution in [3.63, 3.8) is 0 Å². The summed E-state index contributed by atoms with van der Waals surface area (Å²) in [5.74, 6) is 1.37. The van der Waals surface area contributed by atoms with Crippen LogP contribution in [0.4, 0.5) is 0 Å². The molecule has 0 amide bonds. The van der Waals surface area contributed by atoms with Gasteiger partial charge in [-0.3, -0.25) is 4.99 Å². The van der Waals surface area contributed by atoms with E-state index in [9.17, 15) is 0 Å². The van der Waals surface area contributed by atoms with E-state index in [4.69, 9.17) is 0 Å². The third kappa shape index (κ3) is 2.17. The van der Waals surface area contributed by atoms with E-state index in [-0.39, 0.29) is 0 Å². The summed E-state index contributed by atoms with van der Waals surface area (Å²) in [6, 6.07) is 0. The molecular formula is C14H20N2S. The van der Waals surface area contributed by atoms with E-state index in [1.807, 2.05) is 11.8 Å². The Kier molecular flexibility index (Phi) is 3.03. The molecule has 17 heavy (non-hydrogen) atoms. The van der Waals surface area contributed by atoms with Crippen molar-refractivity contribution in [1.82, 2.24) is 5.32 Å². The highest BCUT2D eigenvalue weighted by molar-refractivity contribution is 8.06. The predicted octanol–water partition coefficient (Wildman–Crippen LogP) is 3.68. The SMILES string of the molecule is CC(C)C1=CSC(=C2CCC3=NCCC3C2)N1. The Morgan fingerprint density at radius 2 is 2.29 bits per heavy atom. The van der Waals surface area contributed by atoms with Crippen molar-refractivity contribution >= 4 is 17.5 Å². The molecule has 0 aromatic heterocycles. The van der Waals surface area contributed by atoms with Gasteiger partial charge < -0.3 is 5.32 Å². The van der Waals surface area contributed by atoms with Gasteiger partial charge in [0.05, 0.1) is 5.03 Å². The van der Waals surface area contributed by atoms with Gasteiger partial charge in [-0.25, -0.2) is 0 Å². The minimum absolute atomic E-state index is 0.604. The molecule has 1 saturated carbocycles. The van der Waals surface area contributed by atoms with E-state index < -0.39 is 0 Å². The summed E-state index contributed by atoms with van der Waals surface area (Å²) in [7, 11) is 0. The minimum atomic E-state index is 0.604. The average molecular weight is 248 g/mol. The molecule has 1 atom stereocenters. The Bertz CT molecular complexity index is 418. The molecule has 0 saturated heterocycles. The smallest absolute Gasteiger partial charge is 0.0758 e. The number of rotatable bonds is 1. The lowest BCUT2D eigenvalue weighted by atomic mass is 9.84. The molecule has 3 aliphatic rings. The van der Waals surface area contributed by atoms with Gasteiger partial charge in [-0.05, 0) is 42.6 Å². The topological polar surface area (TPSA) is 24.4 Å². The number of nitrogens with one attached hydrogen (secondary N) is 1. The van der Waals surface area contributed by atoms with Crippen molar-refractivity contribution in [2.75, 3.05) is 6.54 Å². The second-order valence-corrected chi connectivity index (χ2v) is 6.35. The van der Waals surface area contributed by atoms with Crippen molar-refractivity contribution in [1.29, 1.82) is 0 Å². The van der Waals surface area contributed by atoms with Crippen molar-refractivity contribution < 1.29 is 0 Å². The van der Waals surface area contributed by atoms with Gasteiger partial charge in [-0.1, -0.05) is 25.6 Å². The van der Waals surface area contributed by atoms with Gasteiger partial charge in [0.25, 0.3) is 0 Å². The first-order valence-electron chi connectivity index (χ1n) is 6.63. The van der Waals surface area contributed by atoms with Crippen LogP contribution < -0.4 is 5.32 Å². The van der Waals surface area contributed by atoms with E-state index in [0.29, 0.717) is 5.92 Å². The lowest BCUT2D eigenvalue weighted by Gasteiger charge is -2.23. The molecule has 0 radical (unpaired) electrons. The monoisotopic (exact) mass is 248 g/mol. The molecule has 2 heterocycles. The van der Waals surface area contributed by atoms with Crippen LogP contribution in [0.2, 0.25) is 0 Å². The van der Waals surface area contributed by atoms with E-state index in [1.54, 1.807) is 5.57 Å². The van der Waals surface area contributed by atoms with Crippen molar-refractivity contribution in [2.24, 2.45) is 16.8 Å². The summed E-state index contributed by atoms with van der Waals surface area (Å²) in [4.78, 5) is 4.62. The zero-order valence-electron chi connectivity index (χ0n) is 10.6. The van der Waals surface area contributed by atoms with Gasteiger partial charge in [0.1, 0.15) is 0 Å². The lowest BCUT2D eigenvalue weighted by molar-refractivity contribution is 0.612. The van der Waals surface area contributed by atoms with Crippen molar-refractivity contribution in [3.05, 3.63) is 21.7 Å². The molecular weight excluding hydrogens is 228 g/mol. The molecule has 2 nitrogen and oxygen atoms in total. The summed E-state index contributed by atoms with van der Waals surface area (Å²) >= 11 is 1.89. The molecule has 3 rings (SSSR count). The number of allylic oxidation sites excluding steroid dienone is 2. The molecule has 1 N–H and O–H groups in total. The lowest BCUT2D eigenvalue weighted by Crippen LogP contribution is -2.20. The normalized spacial score (nSPS) is 32.3. The highest BCUT2D eigenvalue weighted by Crippen LogP contribution is 2.39. The maximum absolute atomic E-state index is 4.62. The molecule has 1 unspecified atom stereocenters. The highest BCUT2D eigenvalue weighted by Gasteiger charge is 2.29. The van der Waals surface area contributed by atoms with Gasteiger partial charge in [-0.2, -0.15) is 0 Å². The van der Waals surface area contributed by atoms with E-state index in [0.717, 1.165) is 12.5 Å². The first-order chi connectivity index (χ1) is 8.24. The van der Waals surface area contributed by atoms with Crippen LogP contribution >= 0.6 is 11.8 Å². The van der Waals surface area contributed by atoms with Crippen LogP contribution in [0.3, 0.4) is 0 Å². The Labute approximate surface area is 108 Å². The van der Waals surface area contributed by atoms with Crippen LogP contribution in [0, 0.1) is 11.8 Å². The fourth-order valence-corrected chi connectivity index (χ4v) is 3.92. The zero-order chi connectivity index (χ0) is 11.8. The number of hydrogen-bond donors (Lipinski definition) is 1. The summed E-state index contributed by atoms with van der Waals surface area (Å²) < 4.78 is 0. The Morgan fingerprint density at radius 1 is 1.41 bits per heavy atom. The van der Waals surface area contributed by atoms with E-state index in [2.05, 4.69) is 29.6 Å². The van der Waals surface area contributed by atoms with Crippen LogP contribution in [-0.2, 0) is 0 Å². The molecule has 2 aliphatic heterocycles. The molecule has 1 fully saturated rings. The second kappa shape index (κ2) is 4.52. The fraction of sp³-hybridized carbons (Fsp3) is 0.643. The Morgan fingerprint density at radius 3 is 3.06 bits per heavy atom. The van der Waals surface area contributed by atoms with Crippen LogP contribution in [-0.4, -0.2) is 12.3 Å². The van der Waals surface area contributed by atoms with Gasteiger partial charge >= 0.3 is 0 Å². The second-order valence-electron chi connectivity index (χ2n) is 5.47. The highest BCUT2D eigenvalue weighted by atomic mass is 32.2. The molecule has 1 aliphatic carbocycles. The summed E-state index contributed by atoms with van der Waals surface area (Å²) in [5, 5.41) is 7.30. The van der Waals surface area contributed by atoms with Gasteiger partial charge in [0.15, 0.2) is 0 Å². The van der Waals surface area contributed by atoms with Crippen LogP contribution in [0.1, 0.15) is 39.5 Å².